The summed E-state index contributed by atoms with van der Waals surface area (Å²) in [6.07, 6.45) is 6.24. The maximum Gasteiger partial charge on any atom is 0.179 e. The van der Waals surface area contributed by atoms with E-state index in [1.54, 1.807) is 0 Å². The van der Waals surface area contributed by atoms with Crippen molar-refractivity contribution < 1.29 is 9.47 Å². The van der Waals surface area contributed by atoms with E-state index >= 15 is 0 Å². The highest BCUT2D eigenvalue weighted by Gasteiger charge is 2.25. The predicted molar refractivity (Wildman–Crippen MR) is 96.1 cm³/mol. The van der Waals surface area contributed by atoms with Crippen LogP contribution in [0.25, 0.3) is 0 Å². The molecule has 0 radical (unpaired) electrons. The van der Waals surface area contributed by atoms with Gasteiger partial charge in [-0.2, -0.15) is 0 Å². The molecule has 5 heteroatoms. The fraction of sp³-hybridized carbons (Fsp3) is 0.684. The summed E-state index contributed by atoms with van der Waals surface area (Å²) >= 11 is 6.40. The van der Waals surface area contributed by atoms with Gasteiger partial charge < -0.3 is 14.8 Å². The normalized spacial score (nSPS) is 22.4. The Morgan fingerprint density at radius 2 is 1.88 bits per heavy atom. The van der Waals surface area contributed by atoms with Crippen molar-refractivity contribution in [1.29, 1.82) is 0 Å². The standard InChI is InChI=1S/C19H27ClN2O2/c20-17-10-15(11-18-19(17)24-9-1-8-23-18)13-22-6-4-16(5-7-22)21-12-14-2-3-14/h10-11,14,16,21H,1-9,12-13H2. The number of nitrogens with zero attached hydrogens (tertiary/aromatic N) is 1. The predicted octanol–water partition coefficient (Wildman–Crippen LogP) is 3.47. The van der Waals surface area contributed by atoms with Gasteiger partial charge in [-0.1, -0.05) is 11.6 Å². The topological polar surface area (TPSA) is 33.7 Å². The Morgan fingerprint density at radius 3 is 2.67 bits per heavy atom. The van der Waals surface area contributed by atoms with Crippen LogP contribution in [0.4, 0.5) is 0 Å². The zero-order valence-corrected chi connectivity index (χ0v) is 15.0. The van der Waals surface area contributed by atoms with E-state index in [0.717, 1.165) is 37.7 Å². The van der Waals surface area contributed by atoms with Crippen LogP contribution in [-0.2, 0) is 6.54 Å². The first kappa shape index (κ1) is 16.5. The van der Waals surface area contributed by atoms with Crippen LogP contribution in [0.5, 0.6) is 11.5 Å². The minimum atomic E-state index is 0.672. The zero-order chi connectivity index (χ0) is 16.4. The Hall–Kier alpha value is -0.970. The fourth-order valence-corrected chi connectivity index (χ4v) is 3.87. The van der Waals surface area contributed by atoms with Gasteiger partial charge >= 0.3 is 0 Å². The lowest BCUT2D eigenvalue weighted by Crippen LogP contribution is -2.42. The molecule has 1 aliphatic carbocycles. The first-order valence-corrected chi connectivity index (χ1v) is 9.69. The smallest absolute Gasteiger partial charge is 0.179 e. The van der Waals surface area contributed by atoms with Gasteiger partial charge in [-0.25, -0.2) is 0 Å². The number of ether oxygens (including phenoxy) is 2. The molecule has 0 bridgehead atoms. The fourth-order valence-electron chi connectivity index (χ4n) is 3.58. The van der Waals surface area contributed by atoms with Crippen molar-refractivity contribution in [2.45, 2.75) is 44.7 Å². The number of likely N-dealkylation sites (tertiary alicyclic amines) is 1. The third-order valence-electron chi connectivity index (χ3n) is 5.25. The number of hydrogen-bond donors (Lipinski definition) is 1. The lowest BCUT2D eigenvalue weighted by atomic mass is 10.0. The quantitative estimate of drug-likeness (QED) is 0.881. The molecule has 0 spiro atoms. The molecule has 0 atom stereocenters. The summed E-state index contributed by atoms with van der Waals surface area (Å²) in [5.41, 5.74) is 1.22. The molecule has 1 saturated heterocycles. The lowest BCUT2D eigenvalue weighted by molar-refractivity contribution is 0.190. The highest BCUT2D eigenvalue weighted by Crippen LogP contribution is 2.38. The van der Waals surface area contributed by atoms with E-state index in [1.807, 2.05) is 6.07 Å². The van der Waals surface area contributed by atoms with Gasteiger partial charge in [0.2, 0.25) is 0 Å². The van der Waals surface area contributed by atoms with Crippen LogP contribution in [0.3, 0.4) is 0 Å². The van der Waals surface area contributed by atoms with Gasteiger partial charge in [-0.3, -0.25) is 4.90 Å². The van der Waals surface area contributed by atoms with Crippen LogP contribution in [0.2, 0.25) is 5.02 Å². The SMILES string of the molecule is Clc1cc(CN2CCC(NCC3CC3)CC2)cc2c1OCCCO2. The van der Waals surface area contributed by atoms with E-state index < -0.39 is 0 Å². The van der Waals surface area contributed by atoms with Crippen molar-refractivity contribution in [3.63, 3.8) is 0 Å². The minimum Gasteiger partial charge on any atom is -0.489 e. The average molecular weight is 351 g/mol. The molecule has 1 aromatic carbocycles. The van der Waals surface area contributed by atoms with Crippen molar-refractivity contribution >= 4 is 11.6 Å². The Kier molecular flexibility index (Phi) is 5.16. The molecule has 4 nitrogen and oxygen atoms in total. The van der Waals surface area contributed by atoms with Gasteiger partial charge in [0.05, 0.1) is 18.2 Å². The number of halogens is 1. The number of piperidine rings is 1. The van der Waals surface area contributed by atoms with Gasteiger partial charge in [-0.15, -0.1) is 0 Å². The van der Waals surface area contributed by atoms with E-state index in [9.17, 15) is 0 Å². The maximum atomic E-state index is 6.40. The maximum absolute atomic E-state index is 6.40. The van der Waals surface area contributed by atoms with Crippen LogP contribution in [0.1, 0.15) is 37.7 Å². The first-order valence-electron chi connectivity index (χ1n) is 9.31. The molecule has 0 amide bonds. The number of rotatable bonds is 5. The third-order valence-corrected chi connectivity index (χ3v) is 5.53. The summed E-state index contributed by atoms with van der Waals surface area (Å²) in [5.74, 6) is 2.48. The Balaban J connectivity index is 1.32. The first-order chi connectivity index (χ1) is 11.8. The van der Waals surface area contributed by atoms with Gasteiger partial charge in [-0.05, 0) is 68.9 Å². The zero-order valence-electron chi connectivity index (χ0n) is 14.2. The third kappa shape index (κ3) is 4.16. The molecule has 1 aromatic rings. The molecule has 2 aliphatic heterocycles. The molecule has 132 valence electrons. The number of fused-ring (bicyclic) bond motifs is 1. The summed E-state index contributed by atoms with van der Waals surface area (Å²) < 4.78 is 11.5. The van der Waals surface area contributed by atoms with Crippen molar-refractivity contribution in [1.82, 2.24) is 10.2 Å². The molecule has 3 aliphatic rings. The van der Waals surface area contributed by atoms with E-state index in [-0.39, 0.29) is 0 Å². The second-order valence-corrected chi connectivity index (χ2v) is 7.76. The molecule has 2 heterocycles. The number of nitrogens with one attached hydrogen (secondary N) is 1. The molecule has 0 aromatic heterocycles. The average Bonchev–Trinajstić information content (AvgIpc) is 3.41. The molecule has 1 saturated carbocycles. The molecule has 4 rings (SSSR count). The van der Waals surface area contributed by atoms with Gasteiger partial charge in [0.1, 0.15) is 0 Å². The molecular weight excluding hydrogens is 324 g/mol. The van der Waals surface area contributed by atoms with E-state index in [0.29, 0.717) is 30.0 Å². The Morgan fingerprint density at radius 1 is 1.08 bits per heavy atom. The second-order valence-electron chi connectivity index (χ2n) is 7.36. The minimum absolute atomic E-state index is 0.672. The Labute approximate surface area is 149 Å². The monoisotopic (exact) mass is 350 g/mol. The van der Waals surface area contributed by atoms with Crippen LogP contribution in [-0.4, -0.2) is 43.8 Å². The van der Waals surface area contributed by atoms with Crippen LogP contribution in [0.15, 0.2) is 12.1 Å². The number of benzene rings is 1. The highest BCUT2D eigenvalue weighted by molar-refractivity contribution is 6.32. The van der Waals surface area contributed by atoms with Crippen LogP contribution < -0.4 is 14.8 Å². The summed E-state index contributed by atoms with van der Waals surface area (Å²) in [7, 11) is 0. The van der Waals surface area contributed by atoms with Crippen molar-refractivity contribution in [3.05, 3.63) is 22.7 Å². The van der Waals surface area contributed by atoms with E-state index in [1.165, 1.54) is 37.8 Å². The molecule has 1 N–H and O–H groups in total. The Bertz CT molecular complexity index is 569. The van der Waals surface area contributed by atoms with Crippen LogP contribution >= 0.6 is 11.6 Å². The summed E-state index contributed by atoms with van der Waals surface area (Å²) in [6, 6.07) is 4.84. The van der Waals surface area contributed by atoms with Crippen molar-refractivity contribution in [2.24, 2.45) is 5.92 Å². The lowest BCUT2D eigenvalue weighted by Gasteiger charge is -2.32. The second kappa shape index (κ2) is 7.51. The number of hydrogen-bond acceptors (Lipinski definition) is 4. The summed E-state index contributed by atoms with van der Waals surface area (Å²) in [6.45, 7) is 5.83. The summed E-state index contributed by atoms with van der Waals surface area (Å²) in [4.78, 5) is 2.52. The summed E-state index contributed by atoms with van der Waals surface area (Å²) in [5, 5.41) is 4.41. The largest absolute Gasteiger partial charge is 0.489 e. The van der Waals surface area contributed by atoms with Gasteiger partial charge in [0, 0.05) is 19.0 Å². The molecule has 2 fully saturated rings. The highest BCUT2D eigenvalue weighted by atomic mass is 35.5. The molecule has 24 heavy (non-hydrogen) atoms. The van der Waals surface area contributed by atoms with Crippen molar-refractivity contribution in [2.75, 3.05) is 32.8 Å². The molecule has 0 unspecified atom stereocenters. The van der Waals surface area contributed by atoms with Gasteiger partial charge in [0.25, 0.3) is 0 Å². The van der Waals surface area contributed by atoms with E-state index in [4.69, 9.17) is 21.1 Å². The van der Waals surface area contributed by atoms with Gasteiger partial charge in [0.15, 0.2) is 11.5 Å². The van der Waals surface area contributed by atoms with E-state index in [2.05, 4.69) is 16.3 Å². The molecular formula is C19H27ClN2O2. The van der Waals surface area contributed by atoms with Crippen LogP contribution in [0, 0.1) is 5.92 Å². The van der Waals surface area contributed by atoms with Crippen molar-refractivity contribution in [3.8, 4) is 11.5 Å².